The van der Waals surface area contributed by atoms with Crippen molar-refractivity contribution in [2.75, 3.05) is 27.3 Å². The average molecular weight is 398 g/mol. The van der Waals surface area contributed by atoms with E-state index in [-0.39, 0.29) is 19.1 Å². The molecule has 1 aromatic carbocycles. The molecule has 0 saturated carbocycles. The van der Waals surface area contributed by atoms with Crippen molar-refractivity contribution < 1.29 is 19.4 Å². The summed E-state index contributed by atoms with van der Waals surface area (Å²) in [4.78, 5) is 43.0. The van der Waals surface area contributed by atoms with Crippen LogP contribution in [0.15, 0.2) is 29.3 Å². The van der Waals surface area contributed by atoms with Crippen molar-refractivity contribution in [2.45, 2.75) is 25.2 Å². The van der Waals surface area contributed by atoms with Crippen LogP contribution < -0.4 is 4.74 Å². The lowest BCUT2D eigenvalue weighted by molar-refractivity contribution is -0.136. The number of amides is 3. The third-order valence-electron chi connectivity index (χ3n) is 5.03. The Morgan fingerprint density at radius 3 is 2.76 bits per heavy atom. The molecule has 0 aliphatic carbocycles. The number of likely N-dealkylation sites (N-methyl/N-ethyl adjacent to an activating group) is 2. The summed E-state index contributed by atoms with van der Waals surface area (Å²) in [5.41, 5.74) is 0.689. The number of nitrogens with zero attached hydrogens (tertiary/aromatic N) is 6. The zero-order chi connectivity index (χ0) is 20.5. The monoisotopic (exact) mass is 398 g/mol. The second-order valence-corrected chi connectivity index (χ2v) is 6.98. The Labute approximate surface area is 167 Å². The van der Waals surface area contributed by atoms with Crippen molar-refractivity contribution in [3.8, 4) is 5.88 Å². The molecule has 0 spiro atoms. The fraction of sp³-hybridized carbons (Fsp3) is 0.421. The molecule has 10 heteroatoms. The van der Waals surface area contributed by atoms with Gasteiger partial charge in [0, 0.05) is 27.1 Å². The van der Waals surface area contributed by atoms with Crippen LogP contribution in [0.1, 0.15) is 12.2 Å². The molecule has 152 valence electrons. The van der Waals surface area contributed by atoms with E-state index in [1.807, 2.05) is 24.3 Å². The first kappa shape index (κ1) is 19.1. The Hall–Kier alpha value is -3.27. The number of benzene rings is 1. The van der Waals surface area contributed by atoms with Crippen molar-refractivity contribution in [1.82, 2.24) is 24.7 Å². The first-order chi connectivity index (χ1) is 14.0. The van der Waals surface area contributed by atoms with Crippen LogP contribution in [0.2, 0.25) is 0 Å². The number of imide groups is 1. The lowest BCUT2D eigenvalue weighted by atomic mass is 10.1. The number of aliphatic hydroxyl groups excluding tert-OH is 1. The molecule has 0 radical (unpaired) electrons. The molecule has 3 heterocycles. The molecule has 2 unspecified atom stereocenters. The minimum atomic E-state index is -0.620. The largest absolute Gasteiger partial charge is 0.477 e. The van der Waals surface area contributed by atoms with Crippen molar-refractivity contribution >= 4 is 29.2 Å². The van der Waals surface area contributed by atoms with Gasteiger partial charge in [-0.05, 0) is 12.1 Å². The van der Waals surface area contributed by atoms with Gasteiger partial charge in [0.05, 0.1) is 30.4 Å². The van der Waals surface area contributed by atoms with E-state index in [0.717, 1.165) is 10.3 Å². The molecule has 2 aliphatic heterocycles. The molecule has 29 heavy (non-hydrogen) atoms. The fourth-order valence-corrected chi connectivity index (χ4v) is 3.51. The highest BCUT2D eigenvalue weighted by molar-refractivity contribution is 6.01. The highest BCUT2D eigenvalue weighted by Crippen LogP contribution is 2.28. The molecule has 2 atom stereocenters. The maximum absolute atomic E-state index is 12.8. The van der Waals surface area contributed by atoms with Crippen LogP contribution in [0.25, 0.3) is 10.9 Å². The number of aliphatic hydroxyl groups is 1. The molecule has 10 nitrogen and oxygen atoms in total. The van der Waals surface area contributed by atoms with Crippen LogP contribution in [0, 0.1) is 0 Å². The van der Waals surface area contributed by atoms with Crippen LogP contribution in [-0.2, 0) is 11.3 Å². The van der Waals surface area contributed by atoms with Gasteiger partial charge in [-0.25, -0.2) is 14.8 Å². The molecule has 2 aromatic rings. The normalized spacial score (nSPS) is 21.3. The standard InChI is InChI=1S/C19H22N6O4/c1-23-11-20-16-15(23)18(27)24(2)19(28)25(16)10-14-21-13-7-4-3-6-12(13)17(22-14)29-9-5-8-26/h3-4,6-7,11,15-16,26H,5,8-10H2,1-2H3. The lowest BCUT2D eigenvalue weighted by Crippen LogP contribution is -2.63. The summed E-state index contributed by atoms with van der Waals surface area (Å²) >= 11 is 0. The first-order valence-corrected chi connectivity index (χ1v) is 9.34. The second-order valence-electron chi connectivity index (χ2n) is 6.98. The summed E-state index contributed by atoms with van der Waals surface area (Å²) in [7, 11) is 3.22. The van der Waals surface area contributed by atoms with E-state index in [2.05, 4.69) is 15.0 Å². The Balaban J connectivity index is 1.67. The van der Waals surface area contributed by atoms with Gasteiger partial charge in [-0.1, -0.05) is 12.1 Å². The van der Waals surface area contributed by atoms with Crippen LogP contribution in [0.3, 0.4) is 0 Å². The summed E-state index contributed by atoms with van der Waals surface area (Å²) in [6, 6.07) is 6.44. The average Bonchev–Trinajstić information content (AvgIpc) is 3.11. The number of carbonyl (C=O) groups is 2. The zero-order valence-electron chi connectivity index (χ0n) is 16.2. The summed E-state index contributed by atoms with van der Waals surface area (Å²) in [6.45, 7) is 0.424. The van der Waals surface area contributed by atoms with E-state index in [0.29, 0.717) is 30.2 Å². The topological polar surface area (TPSA) is 111 Å². The third-order valence-corrected chi connectivity index (χ3v) is 5.03. The van der Waals surface area contributed by atoms with E-state index >= 15 is 0 Å². The van der Waals surface area contributed by atoms with Crippen LogP contribution in [0.5, 0.6) is 5.88 Å². The Morgan fingerprint density at radius 1 is 1.17 bits per heavy atom. The number of urea groups is 1. The van der Waals surface area contributed by atoms with Gasteiger partial charge >= 0.3 is 6.03 Å². The van der Waals surface area contributed by atoms with Gasteiger partial charge < -0.3 is 14.7 Å². The smallest absolute Gasteiger partial charge is 0.328 e. The molecule has 4 rings (SSSR count). The molecule has 1 aromatic heterocycles. The van der Waals surface area contributed by atoms with E-state index in [4.69, 9.17) is 9.84 Å². The SMILES string of the molecule is CN1C(=O)C2C(N=CN2C)N(Cc2nc(OCCCO)c3ccccc3n2)C1=O. The highest BCUT2D eigenvalue weighted by Gasteiger charge is 2.49. The van der Waals surface area contributed by atoms with E-state index in [9.17, 15) is 9.59 Å². The predicted octanol–water partition coefficient (Wildman–Crippen LogP) is 0.453. The van der Waals surface area contributed by atoms with E-state index in [1.54, 1.807) is 18.3 Å². The molecule has 1 saturated heterocycles. The highest BCUT2D eigenvalue weighted by atomic mass is 16.5. The summed E-state index contributed by atoms with van der Waals surface area (Å²) in [5.74, 6) is 0.502. The molecule has 1 fully saturated rings. The predicted molar refractivity (Wildman–Crippen MR) is 104 cm³/mol. The number of aromatic nitrogens is 2. The molecule has 2 aliphatic rings. The summed E-state index contributed by atoms with van der Waals surface area (Å²) in [5, 5.41) is 9.76. The van der Waals surface area contributed by atoms with Gasteiger partial charge in [-0.3, -0.25) is 14.6 Å². The number of rotatable bonds is 6. The minimum Gasteiger partial charge on any atom is -0.477 e. The van der Waals surface area contributed by atoms with Gasteiger partial charge in [0.2, 0.25) is 5.88 Å². The second kappa shape index (κ2) is 7.63. The van der Waals surface area contributed by atoms with Crippen LogP contribution >= 0.6 is 0 Å². The third kappa shape index (κ3) is 3.35. The van der Waals surface area contributed by atoms with Crippen molar-refractivity contribution in [3.63, 3.8) is 0 Å². The molecule has 1 N–H and O–H groups in total. The zero-order valence-corrected chi connectivity index (χ0v) is 16.2. The maximum Gasteiger partial charge on any atom is 0.328 e. The number of aliphatic imine (C=N–C) groups is 1. The van der Waals surface area contributed by atoms with Crippen LogP contribution in [0.4, 0.5) is 4.79 Å². The number of para-hydroxylation sites is 1. The number of carbonyl (C=O) groups excluding carboxylic acids is 2. The number of ether oxygens (including phenoxy) is 1. The van der Waals surface area contributed by atoms with E-state index in [1.165, 1.54) is 11.9 Å². The molecular weight excluding hydrogens is 376 g/mol. The fourth-order valence-electron chi connectivity index (χ4n) is 3.51. The number of hydrogen-bond donors (Lipinski definition) is 1. The quantitative estimate of drug-likeness (QED) is 0.704. The maximum atomic E-state index is 12.8. The molecule has 0 bridgehead atoms. The minimum absolute atomic E-state index is 0.0209. The van der Waals surface area contributed by atoms with Crippen LogP contribution in [-0.4, -0.2) is 87.6 Å². The first-order valence-electron chi connectivity index (χ1n) is 9.34. The molecular formula is C19H22N6O4. The summed E-state index contributed by atoms with van der Waals surface area (Å²) < 4.78 is 5.74. The van der Waals surface area contributed by atoms with Gasteiger partial charge in [0.25, 0.3) is 5.91 Å². The van der Waals surface area contributed by atoms with Gasteiger partial charge in [0.15, 0.2) is 18.0 Å². The van der Waals surface area contributed by atoms with Crippen molar-refractivity contribution in [3.05, 3.63) is 30.1 Å². The molecule has 3 amide bonds. The van der Waals surface area contributed by atoms with E-state index < -0.39 is 18.2 Å². The van der Waals surface area contributed by atoms with Crippen molar-refractivity contribution in [1.29, 1.82) is 0 Å². The number of fused-ring (bicyclic) bond motifs is 2. The Kier molecular flexibility index (Phi) is 5.01. The Morgan fingerprint density at radius 2 is 1.97 bits per heavy atom. The number of hydrogen-bond acceptors (Lipinski definition) is 8. The lowest BCUT2D eigenvalue weighted by Gasteiger charge is -2.40. The van der Waals surface area contributed by atoms with Gasteiger partial charge in [0.1, 0.15) is 0 Å². The summed E-state index contributed by atoms with van der Waals surface area (Å²) in [6.07, 6.45) is 1.43. The van der Waals surface area contributed by atoms with Gasteiger partial charge in [-0.15, -0.1) is 0 Å². The Bertz CT molecular complexity index is 980. The van der Waals surface area contributed by atoms with Crippen molar-refractivity contribution in [2.24, 2.45) is 4.99 Å². The van der Waals surface area contributed by atoms with Gasteiger partial charge in [-0.2, -0.15) is 4.98 Å².